The lowest BCUT2D eigenvalue weighted by Crippen LogP contribution is -2.53. The minimum absolute atomic E-state index is 0.181. The minimum atomic E-state index is -4.67. The Hall–Kier alpha value is -2.63. The van der Waals surface area contributed by atoms with Gasteiger partial charge in [-0.1, -0.05) is 20.8 Å². The van der Waals surface area contributed by atoms with Crippen molar-refractivity contribution in [2.75, 3.05) is 0 Å². The fourth-order valence-corrected chi connectivity index (χ4v) is 3.20. The van der Waals surface area contributed by atoms with Crippen molar-refractivity contribution in [3.63, 3.8) is 0 Å². The highest BCUT2D eigenvalue weighted by Gasteiger charge is 2.47. The summed E-state index contributed by atoms with van der Waals surface area (Å²) in [5.74, 6) is -1.05. The molecule has 0 unspecified atom stereocenters. The molecule has 0 fully saturated rings. The molecule has 2 aromatic rings. The van der Waals surface area contributed by atoms with Crippen molar-refractivity contribution in [1.82, 2.24) is 20.1 Å². The van der Waals surface area contributed by atoms with Gasteiger partial charge in [-0.2, -0.15) is 13.2 Å². The number of nitro benzene ring substituents is 1. The van der Waals surface area contributed by atoms with Gasteiger partial charge in [-0.3, -0.25) is 14.9 Å². The van der Waals surface area contributed by atoms with E-state index >= 15 is 0 Å². The number of benzene rings is 1. The number of nitrogens with zero attached hydrogens (tertiary/aromatic N) is 4. The average Bonchev–Trinajstić information content (AvgIpc) is 2.95. The SMILES string of the molecule is Cn1cnnc1Sc1ccc(C(=O)N[C@@H](C(C)(C)C)C(F)(F)F)cc1[N+](=O)[O-]. The van der Waals surface area contributed by atoms with E-state index in [2.05, 4.69) is 10.2 Å². The Kier molecular flexibility index (Phi) is 6.02. The highest BCUT2D eigenvalue weighted by molar-refractivity contribution is 7.99. The van der Waals surface area contributed by atoms with Gasteiger partial charge in [-0.25, -0.2) is 0 Å². The van der Waals surface area contributed by atoms with Gasteiger partial charge in [0.15, 0.2) is 5.16 Å². The first kappa shape index (κ1) is 21.7. The number of carbonyl (C=O) groups excluding carboxylic acids is 1. The average molecular weight is 417 g/mol. The zero-order chi connectivity index (χ0) is 21.3. The van der Waals surface area contributed by atoms with E-state index in [-0.39, 0.29) is 10.5 Å². The van der Waals surface area contributed by atoms with Gasteiger partial charge < -0.3 is 9.88 Å². The number of halogens is 3. The van der Waals surface area contributed by atoms with Crippen LogP contribution in [-0.4, -0.2) is 37.8 Å². The molecular formula is C16H18F3N5O3S. The minimum Gasteiger partial charge on any atom is -0.340 e. The zero-order valence-electron chi connectivity index (χ0n) is 15.4. The second-order valence-electron chi connectivity index (χ2n) is 7.08. The molecule has 1 amide bonds. The van der Waals surface area contributed by atoms with E-state index in [1.807, 2.05) is 5.32 Å². The van der Waals surface area contributed by atoms with Crippen LogP contribution in [0.2, 0.25) is 0 Å². The van der Waals surface area contributed by atoms with E-state index in [1.54, 1.807) is 11.6 Å². The predicted octanol–water partition coefficient (Wildman–Crippen LogP) is 3.58. The molecule has 2 rings (SSSR count). The molecule has 0 aliphatic heterocycles. The van der Waals surface area contributed by atoms with Gasteiger partial charge in [-0.15, -0.1) is 10.2 Å². The van der Waals surface area contributed by atoms with Crippen LogP contribution in [-0.2, 0) is 7.05 Å². The molecule has 1 aromatic carbocycles. The lowest BCUT2D eigenvalue weighted by atomic mass is 9.86. The van der Waals surface area contributed by atoms with Gasteiger partial charge in [0.2, 0.25) is 0 Å². The molecule has 12 heteroatoms. The highest BCUT2D eigenvalue weighted by Crippen LogP contribution is 2.35. The monoisotopic (exact) mass is 417 g/mol. The standard InChI is InChI=1S/C16H18F3N5O3S/c1-15(2,3)13(16(17,18)19)21-12(25)9-5-6-11(10(7-9)24(26)27)28-14-22-20-8-23(14)4/h5-8,13H,1-4H3,(H,21,25)/t13-/m0/s1. The predicted molar refractivity (Wildman–Crippen MR) is 95.0 cm³/mol. The van der Waals surface area contributed by atoms with Crippen LogP contribution in [0.3, 0.4) is 0 Å². The van der Waals surface area contributed by atoms with Crippen LogP contribution in [0.25, 0.3) is 0 Å². The number of rotatable bonds is 5. The maximum Gasteiger partial charge on any atom is 0.409 e. The Morgan fingerprint density at radius 3 is 2.43 bits per heavy atom. The van der Waals surface area contributed by atoms with Crippen LogP contribution in [0, 0.1) is 15.5 Å². The normalized spacial score (nSPS) is 13.2. The zero-order valence-corrected chi connectivity index (χ0v) is 16.3. The summed E-state index contributed by atoms with van der Waals surface area (Å²) in [4.78, 5) is 23.2. The molecule has 8 nitrogen and oxygen atoms in total. The van der Waals surface area contributed by atoms with Gasteiger partial charge in [0.25, 0.3) is 11.6 Å². The summed E-state index contributed by atoms with van der Waals surface area (Å²) in [6, 6.07) is 1.37. The highest BCUT2D eigenvalue weighted by atomic mass is 32.2. The first-order valence-electron chi connectivity index (χ1n) is 7.98. The van der Waals surface area contributed by atoms with Crippen molar-refractivity contribution in [1.29, 1.82) is 0 Å². The first-order valence-corrected chi connectivity index (χ1v) is 8.80. The van der Waals surface area contributed by atoms with E-state index in [9.17, 15) is 28.1 Å². The van der Waals surface area contributed by atoms with Crippen molar-refractivity contribution in [2.24, 2.45) is 12.5 Å². The largest absolute Gasteiger partial charge is 0.409 e. The third kappa shape index (κ3) is 5.00. The number of amides is 1. The summed E-state index contributed by atoms with van der Waals surface area (Å²) in [5, 5.41) is 21.2. The molecule has 1 atom stereocenters. The fraction of sp³-hybridized carbons (Fsp3) is 0.438. The molecule has 0 aliphatic carbocycles. The quantitative estimate of drug-likeness (QED) is 0.589. The van der Waals surface area contributed by atoms with Gasteiger partial charge in [0, 0.05) is 18.7 Å². The maximum atomic E-state index is 13.3. The number of hydrogen-bond donors (Lipinski definition) is 1. The Balaban J connectivity index is 2.33. The van der Waals surface area contributed by atoms with Crippen molar-refractivity contribution >= 4 is 23.4 Å². The van der Waals surface area contributed by atoms with E-state index in [0.29, 0.717) is 5.16 Å². The molecule has 1 N–H and O–H groups in total. The number of carbonyl (C=O) groups is 1. The van der Waals surface area contributed by atoms with Crippen LogP contribution < -0.4 is 5.32 Å². The molecule has 0 aliphatic rings. The van der Waals surface area contributed by atoms with Crippen LogP contribution >= 0.6 is 11.8 Å². The maximum absolute atomic E-state index is 13.3. The summed E-state index contributed by atoms with van der Waals surface area (Å²) < 4.78 is 41.4. The van der Waals surface area contributed by atoms with E-state index in [1.165, 1.54) is 39.2 Å². The van der Waals surface area contributed by atoms with Gasteiger partial charge in [0.05, 0.1) is 9.82 Å². The second-order valence-corrected chi connectivity index (χ2v) is 8.09. The summed E-state index contributed by atoms with van der Waals surface area (Å²) in [6.07, 6.45) is -3.25. The smallest absolute Gasteiger partial charge is 0.340 e. The fourth-order valence-electron chi connectivity index (χ4n) is 2.35. The Labute approximate surface area is 162 Å². The Morgan fingerprint density at radius 2 is 1.96 bits per heavy atom. The number of alkyl halides is 3. The number of hydrogen-bond acceptors (Lipinski definition) is 6. The van der Waals surface area contributed by atoms with Crippen LogP contribution in [0.4, 0.5) is 18.9 Å². The third-order valence-corrected chi connectivity index (χ3v) is 4.88. The van der Waals surface area contributed by atoms with Crippen LogP contribution in [0.5, 0.6) is 0 Å². The molecule has 0 bridgehead atoms. The summed E-state index contributed by atoms with van der Waals surface area (Å²) in [6.45, 7) is 4.03. The van der Waals surface area contributed by atoms with Gasteiger partial charge in [0.1, 0.15) is 12.4 Å². The number of nitro groups is 1. The first-order chi connectivity index (χ1) is 12.8. The number of nitrogens with one attached hydrogen (secondary N) is 1. The van der Waals surface area contributed by atoms with E-state index in [0.717, 1.165) is 17.8 Å². The molecule has 0 spiro atoms. The molecule has 1 aromatic heterocycles. The molecule has 152 valence electrons. The second kappa shape index (κ2) is 7.78. The summed E-state index contributed by atoms with van der Waals surface area (Å²) >= 11 is 0.955. The lowest BCUT2D eigenvalue weighted by Gasteiger charge is -2.33. The Bertz CT molecular complexity index is 878. The number of aromatic nitrogens is 3. The third-order valence-electron chi connectivity index (χ3n) is 3.76. The Morgan fingerprint density at radius 1 is 1.32 bits per heavy atom. The van der Waals surface area contributed by atoms with Crippen LogP contribution in [0.1, 0.15) is 31.1 Å². The molecule has 28 heavy (non-hydrogen) atoms. The van der Waals surface area contributed by atoms with E-state index < -0.39 is 34.2 Å². The van der Waals surface area contributed by atoms with Crippen molar-refractivity contribution in [3.05, 3.63) is 40.2 Å². The van der Waals surface area contributed by atoms with Crippen LogP contribution in [0.15, 0.2) is 34.6 Å². The topological polar surface area (TPSA) is 103 Å². The van der Waals surface area contributed by atoms with E-state index in [4.69, 9.17) is 0 Å². The van der Waals surface area contributed by atoms with Gasteiger partial charge >= 0.3 is 6.18 Å². The van der Waals surface area contributed by atoms with Crippen molar-refractivity contribution in [3.8, 4) is 0 Å². The van der Waals surface area contributed by atoms with Gasteiger partial charge in [-0.05, 0) is 29.3 Å². The van der Waals surface area contributed by atoms with Crippen molar-refractivity contribution in [2.45, 2.75) is 43.0 Å². The molecule has 1 heterocycles. The summed E-state index contributed by atoms with van der Waals surface area (Å²) in [7, 11) is 1.65. The molecular weight excluding hydrogens is 399 g/mol. The summed E-state index contributed by atoms with van der Waals surface area (Å²) in [5.41, 5.74) is -1.95. The molecule has 0 radical (unpaired) electrons. The number of aryl methyl sites for hydroxylation is 1. The molecule has 0 saturated carbocycles. The molecule has 0 saturated heterocycles. The lowest BCUT2D eigenvalue weighted by molar-refractivity contribution is -0.387. The van der Waals surface area contributed by atoms with Crippen molar-refractivity contribution < 1.29 is 22.9 Å².